The minimum atomic E-state index is 1.01. The smallest absolute Gasteiger partial charge is 0.000977 e. The molecule has 0 aromatic carbocycles. The number of piperidine rings is 1. The van der Waals surface area contributed by atoms with Gasteiger partial charge < -0.3 is 4.90 Å². The van der Waals surface area contributed by atoms with E-state index in [9.17, 15) is 0 Å². The van der Waals surface area contributed by atoms with Crippen LogP contribution in [0.5, 0.6) is 0 Å². The topological polar surface area (TPSA) is 3.24 Å². The number of likely N-dealkylation sites (tertiary alicyclic amines) is 1. The van der Waals surface area contributed by atoms with Crippen LogP contribution in [-0.2, 0) is 0 Å². The molecular formula is C12H23N. The molecule has 13 heavy (non-hydrogen) atoms. The lowest BCUT2D eigenvalue weighted by Crippen LogP contribution is -2.39. The molecule has 1 unspecified atom stereocenters. The van der Waals surface area contributed by atoms with Crippen LogP contribution in [0.25, 0.3) is 0 Å². The maximum absolute atomic E-state index is 2.72. The van der Waals surface area contributed by atoms with E-state index >= 15 is 0 Å². The van der Waals surface area contributed by atoms with Crippen LogP contribution < -0.4 is 0 Å². The highest BCUT2D eigenvalue weighted by molar-refractivity contribution is 4.78. The highest BCUT2D eigenvalue weighted by Crippen LogP contribution is 2.29. The zero-order chi connectivity index (χ0) is 9.10. The lowest BCUT2D eigenvalue weighted by molar-refractivity contribution is 0.122. The van der Waals surface area contributed by atoms with E-state index in [1.807, 2.05) is 0 Å². The Morgan fingerprint density at radius 1 is 1.08 bits per heavy atom. The molecule has 76 valence electrons. The summed E-state index contributed by atoms with van der Waals surface area (Å²) in [5.41, 5.74) is 0. The van der Waals surface area contributed by atoms with Gasteiger partial charge in [-0.3, -0.25) is 0 Å². The Labute approximate surface area is 82.5 Å². The van der Waals surface area contributed by atoms with Crippen molar-refractivity contribution in [2.45, 2.75) is 45.4 Å². The predicted molar refractivity (Wildman–Crippen MR) is 56.8 cm³/mol. The molecule has 1 aliphatic carbocycles. The molecule has 1 saturated carbocycles. The standard InChI is InChI=1S/C12H23N/c1-2-11-7-4-8-13(9-11)10-12-5-3-6-12/h11-12H,2-10H2,1H3. The molecule has 0 aromatic heterocycles. The molecule has 2 rings (SSSR count). The highest BCUT2D eigenvalue weighted by atomic mass is 15.1. The van der Waals surface area contributed by atoms with Crippen molar-refractivity contribution < 1.29 is 0 Å². The van der Waals surface area contributed by atoms with Crippen molar-refractivity contribution in [3.05, 3.63) is 0 Å². The maximum atomic E-state index is 2.72. The Balaban J connectivity index is 1.71. The first-order chi connectivity index (χ1) is 6.38. The average molecular weight is 181 g/mol. The second kappa shape index (κ2) is 4.45. The van der Waals surface area contributed by atoms with Gasteiger partial charge in [0.25, 0.3) is 0 Å². The van der Waals surface area contributed by atoms with Gasteiger partial charge in [-0.2, -0.15) is 0 Å². The van der Waals surface area contributed by atoms with Gasteiger partial charge in [0.2, 0.25) is 0 Å². The number of rotatable bonds is 3. The van der Waals surface area contributed by atoms with E-state index in [0.29, 0.717) is 0 Å². The largest absolute Gasteiger partial charge is 0.303 e. The van der Waals surface area contributed by atoms with E-state index in [1.54, 1.807) is 0 Å². The summed E-state index contributed by atoms with van der Waals surface area (Å²) in [5.74, 6) is 2.07. The summed E-state index contributed by atoms with van der Waals surface area (Å²) < 4.78 is 0. The Kier molecular flexibility index (Phi) is 3.26. The third kappa shape index (κ3) is 2.46. The van der Waals surface area contributed by atoms with E-state index in [2.05, 4.69) is 11.8 Å². The number of hydrogen-bond acceptors (Lipinski definition) is 1. The molecule has 0 radical (unpaired) electrons. The van der Waals surface area contributed by atoms with Crippen LogP contribution in [0.15, 0.2) is 0 Å². The van der Waals surface area contributed by atoms with Gasteiger partial charge in [0.1, 0.15) is 0 Å². The third-order valence-electron chi connectivity index (χ3n) is 3.92. The summed E-state index contributed by atoms with van der Waals surface area (Å²) in [6.45, 7) is 6.54. The fourth-order valence-corrected chi connectivity index (χ4v) is 2.69. The monoisotopic (exact) mass is 181 g/mol. The molecular weight excluding hydrogens is 158 g/mol. The molecule has 1 aliphatic heterocycles. The molecule has 1 nitrogen and oxygen atoms in total. The molecule has 1 heteroatoms. The van der Waals surface area contributed by atoms with Crippen molar-refractivity contribution in [1.29, 1.82) is 0 Å². The maximum Gasteiger partial charge on any atom is 0.000977 e. The number of nitrogens with zero attached hydrogens (tertiary/aromatic N) is 1. The zero-order valence-electron chi connectivity index (χ0n) is 8.97. The molecule has 1 saturated heterocycles. The summed E-state index contributed by atoms with van der Waals surface area (Å²) in [6, 6.07) is 0. The summed E-state index contributed by atoms with van der Waals surface area (Å²) in [4.78, 5) is 2.72. The summed E-state index contributed by atoms with van der Waals surface area (Å²) >= 11 is 0. The van der Waals surface area contributed by atoms with Gasteiger partial charge in [-0.25, -0.2) is 0 Å². The van der Waals surface area contributed by atoms with Crippen LogP contribution in [0, 0.1) is 11.8 Å². The van der Waals surface area contributed by atoms with Crippen LogP contribution in [-0.4, -0.2) is 24.5 Å². The van der Waals surface area contributed by atoms with E-state index in [4.69, 9.17) is 0 Å². The Morgan fingerprint density at radius 3 is 2.46 bits per heavy atom. The SMILES string of the molecule is CCC1CCCN(CC2CCC2)C1. The van der Waals surface area contributed by atoms with Gasteiger partial charge in [-0.1, -0.05) is 19.8 Å². The van der Waals surface area contributed by atoms with E-state index in [-0.39, 0.29) is 0 Å². The van der Waals surface area contributed by atoms with Crippen molar-refractivity contribution in [1.82, 2.24) is 4.90 Å². The number of hydrogen-bond donors (Lipinski definition) is 0. The van der Waals surface area contributed by atoms with Crippen LogP contribution in [0.1, 0.15) is 45.4 Å². The first kappa shape index (κ1) is 9.51. The van der Waals surface area contributed by atoms with E-state index < -0.39 is 0 Å². The van der Waals surface area contributed by atoms with Gasteiger partial charge in [-0.15, -0.1) is 0 Å². The molecule has 0 N–H and O–H groups in total. The van der Waals surface area contributed by atoms with Crippen molar-refractivity contribution in [3.63, 3.8) is 0 Å². The quantitative estimate of drug-likeness (QED) is 0.647. The fourth-order valence-electron chi connectivity index (χ4n) is 2.69. The zero-order valence-corrected chi connectivity index (χ0v) is 8.97. The summed E-state index contributed by atoms with van der Waals surface area (Å²) in [7, 11) is 0. The van der Waals surface area contributed by atoms with Gasteiger partial charge in [0.05, 0.1) is 0 Å². The van der Waals surface area contributed by atoms with E-state index in [0.717, 1.165) is 11.8 Å². The molecule has 1 atom stereocenters. The fraction of sp³-hybridized carbons (Fsp3) is 1.00. The molecule has 0 aromatic rings. The normalized spacial score (nSPS) is 31.6. The second-order valence-electron chi connectivity index (χ2n) is 4.97. The third-order valence-corrected chi connectivity index (χ3v) is 3.92. The molecule has 1 heterocycles. The predicted octanol–water partition coefficient (Wildman–Crippen LogP) is 2.91. The van der Waals surface area contributed by atoms with Crippen LogP contribution in [0.3, 0.4) is 0 Å². The van der Waals surface area contributed by atoms with Crippen molar-refractivity contribution in [3.8, 4) is 0 Å². The summed E-state index contributed by atoms with van der Waals surface area (Å²) in [5, 5.41) is 0. The van der Waals surface area contributed by atoms with Crippen LogP contribution in [0.2, 0.25) is 0 Å². The van der Waals surface area contributed by atoms with Gasteiger partial charge in [0, 0.05) is 13.1 Å². The van der Waals surface area contributed by atoms with Gasteiger partial charge >= 0.3 is 0 Å². The molecule has 0 bridgehead atoms. The van der Waals surface area contributed by atoms with Gasteiger partial charge in [0.15, 0.2) is 0 Å². The molecule has 0 spiro atoms. The second-order valence-corrected chi connectivity index (χ2v) is 4.97. The van der Waals surface area contributed by atoms with Crippen LogP contribution in [0.4, 0.5) is 0 Å². The van der Waals surface area contributed by atoms with Crippen molar-refractivity contribution in [2.75, 3.05) is 19.6 Å². The first-order valence-corrected chi connectivity index (χ1v) is 6.11. The van der Waals surface area contributed by atoms with E-state index in [1.165, 1.54) is 58.2 Å². The molecule has 2 aliphatic rings. The first-order valence-electron chi connectivity index (χ1n) is 6.11. The lowest BCUT2D eigenvalue weighted by atomic mass is 9.84. The van der Waals surface area contributed by atoms with Crippen LogP contribution >= 0.6 is 0 Å². The Bertz CT molecular complexity index is 149. The van der Waals surface area contributed by atoms with Crippen molar-refractivity contribution in [2.24, 2.45) is 11.8 Å². The highest BCUT2D eigenvalue weighted by Gasteiger charge is 2.24. The summed E-state index contributed by atoms with van der Waals surface area (Å²) in [6.07, 6.45) is 8.83. The Hall–Kier alpha value is -0.0400. The average Bonchev–Trinajstić information content (AvgIpc) is 2.12. The minimum absolute atomic E-state index is 1.01. The van der Waals surface area contributed by atoms with Gasteiger partial charge in [-0.05, 0) is 44.1 Å². The lowest BCUT2D eigenvalue weighted by Gasteiger charge is -2.37. The molecule has 2 fully saturated rings. The van der Waals surface area contributed by atoms with Crippen molar-refractivity contribution >= 4 is 0 Å². The minimum Gasteiger partial charge on any atom is -0.303 e. The molecule has 0 amide bonds. The Morgan fingerprint density at radius 2 is 1.85 bits per heavy atom.